The zero-order valence-corrected chi connectivity index (χ0v) is 9.56. The molecule has 5 heteroatoms. The van der Waals surface area contributed by atoms with E-state index in [1.807, 2.05) is 17.7 Å². The highest BCUT2D eigenvalue weighted by atomic mass is 79.9. The van der Waals surface area contributed by atoms with Crippen LogP contribution in [0, 0.1) is 11.3 Å². The Morgan fingerprint density at radius 1 is 1.47 bits per heavy atom. The van der Waals surface area contributed by atoms with Crippen LogP contribution in [0.4, 0.5) is 0 Å². The van der Waals surface area contributed by atoms with Gasteiger partial charge in [-0.3, -0.25) is 0 Å². The highest BCUT2D eigenvalue weighted by Gasteiger charge is 2.08. The number of rotatable bonds is 1. The SMILES string of the molecule is Cn1cnnc1-c1ccc(C#N)cc1Br. The summed E-state index contributed by atoms with van der Waals surface area (Å²) in [5.41, 5.74) is 1.54. The van der Waals surface area contributed by atoms with Crippen LogP contribution in [0.2, 0.25) is 0 Å². The second-order valence-electron chi connectivity index (χ2n) is 3.07. The van der Waals surface area contributed by atoms with E-state index in [0.717, 1.165) is 15.9 Å². The van der Waals surface area contributed by atoms with Crippen molar-refractivity contribution in [1.82, 2.24) is 14.8 Å². The van der Waals surface area contributed by atoms with Crippen LogP contribution >= 0.6 is 15.9 Å². The average molecular weight is 263 g/mol. The summed E-state index contributed by atoms with van der Waals surface area (Å²) in [5.74, 6) is 0.770. The van der Waals surface area contributed by atoms with Crippen molar-refractivity contribution in [3.8, 4) is 17.5 Å². The number of hydrogen-bond donors (Lipinski definition) is 0. The molecule has 1 aromatic heterocycles. The Kier molecular flexibility index (Phi) is 2.52. The van der Waals surface area contributed by atoms with Gasteiger partial charge in [0.25, 0.3) is 0 Å². The van der Waals surface area contributed by atoms with E-state index >= 15 is 0 Å². The summed E-state index contributed by atoms with van der Waals surface area (Å²) in [7, 11) is 1.87. The van der Waals surface area contributed by atoms with Gasteiger partial charge in [-0.2, -0.15) is 5.26 Å². The molecular weight excluding hydrogens is 256 g/mol. The minimum atomic E-state index is 0.618. The van der Waals surface area contributed by atoms with Crippen LogP contribution in [-0.4, -0.2) is 14.8 Å². The first-order valence-electron chi connectivity index (χ1n) is 4.26. The molecule has 0 atom stereocenters. The van der Waals surface area contributed by atoms with Gasteiger partial charge >= 0.3 is 0 Å². The molecule has 0 aliphatic carbocycles. The zero-order valence-electron chi connectivity index (χ0n) is 7.98. The van der Waals surface area contributed by atoms with Crippen molar-refractivity contribution in [2.75, 3.05) is 0 Å². The Morgan fingerprint density at radius 3 is 2.80 bits per heavy atom. The molecule has 74 valence electrons. The van der Waals surface area contributed by atoms with E-state index in [-0.39, 0.29) is 0 Å². The molecule has 1 heterocycles. The summed E-state index contributed by atoms with van der Waals surface area (Å²) < 4.78 is 2.67. The predicted molar refractivity (Wildman–Crippen MR) is 58.9 cm³/mol. The third kappa shape index (κ3) is 1.76. The van der Waals surface area contributed by atoms with Gasteiger partial charge in [-0.05, 0) is 34.1 Å². The zero-order chi connectivity index (χ0) is 10.8. The fourth-order valence-corrected chi connectivity index (χ4v) is 1.85. The lowest BCUT2D eigenvalue weighted by Gasteiger charge is -2.03. The summed E-state index contributed by atoms with van der Waals surface area (Å²) in [6, 6.07) is 7.46. The maximum absolute atomic E-state index is 8.73. The molecule has 0 N–H and O–H groups in total. The summed E-state index contributed by atoms with van der Waals surface area (Å²) in [6.07, 6.45) is 1.64. The van der Waals surface area contributed by atoms with Gasteiger partial charge in [0.1, 0.15) is 6.33 Å². The molecule has 0 unspecified atom stereocenters. The van der Waals surface area contributed by atoms with Crippen molar-refractivity contribution >= 4 is 15.9 Å². The van der Waals surface area contributed by atoms with Gasteiger partial charge in [-0.15, -0.1) is 10.2 Å². The van der Waals surface area contributed by atoms with Gasteiger partial charge in [0, 0.05) is 17.1 Å². The van der Waals surface area contributed by atoms with Gasteiger partial charge in [-0.25, -0.2) is 0 Å². The van der Waals surface area contributed by atoms with E-state index in [1.54, 1.807) is 18.5 Å². The maximum Gasteiger partial charge on any atom is 0.164 e. The van der Waals surface area contributed by atoms with Gasteiger partial charge in [0.15, 0.2) is 5.82 Å². The lowest BCUT2D eigenvalue weighted by molar-refractivity contribution is 0.919. The van der Waals surface area contributed by atoms with Crippen molar-refractivity contribution in [3.63, 3.8) is 0 Å². The Balaban J connectivity index is 2.56. The fourth-order valence-electron chi connectivity index (χ4n) is 1.29. The highest BCUT2D eigenvalue weighted by molar-refractivity contribution is 9.10. The molecule has 0 saturated carbocycles. The average Bonchev–Trinajstić information content (AvgIpc) is 2.64. The minimum absolute atomic E-state index is 0.618. The fraction of sp³-hybridized carbons (Fsp3) is 0.100. The summed E-state index contributed by atoms with van der Waals surface area (Å²) in [6.45, 7) is 0. The molecule has 4 nitrogen and oxygen atoms in total. The number of nitriles is 1. The quantitative estimate of drug-likeness (QED) is 0.791. The number of nitrogens with zero attached hydrogens (tertiary/aromatic N) is 4. The first-order valence-corrected chi connectivity index (χ1v) is 5.05. The third-order valence-corrected chi connectivity index (χ3v) is 2.71. The van der Waals surface area contributed by atoms with Crippen LogP contribution in [-0.2, 0) is 7.05 Å². The van der Waals surface area contributed by atoms with E-state index in [9.17, 15) is 0 Å². The third-order valence-electron chi connectivity index (χ3n) is 2.05. The first kappa shape index (κ1) is 9.87. The minimum Gasteiger partial charge on any atom is -0.317 e. The molecule has 2 rings (SSSR count). The normalized spacial score (nSPS) is 9.93. The lowest BCUT2D eigenvalue weighted by Crippen LogP contribution is -1.92. The summed E-state index contributed by atoms with van der Waals surface area (Å²) in [4.78, 5) is 0. The second kappa shape index (κ2) is 3.83. The summed E-state index contributed by atoms with van der Waals surface area (Å²) in [5, 5.41) is 16.5. The van der Waals surface area contributed by atoms with Crippen molar-refractivity contribution in [1.29, 1.82) is 5.26 Å². The molecule has 1 aromatic carbocycles. The topological polar surface area (TPSA) is 54.5 Å². The number of aromatic nitrogens is 3. The number of halogens is 1. The van der Waals surface area contributed by atoms with Gasteiger partial charge in [0.05, 0.1) is 11.6 Å². The molecule has 0 spiro atoms. The molecule has 0 aliphatic heterocycles. The van der Waals surface area contributed by atoms with Crippen molar-refractivity contribution in [2.45, 2.75) is 0 Å². The predicted octanol–water partition coefficient (Wildman–Crippen LogP) is 2.12. The van der Waals surface area contributed by atoms with Crippen LogP contribution in [0.1, 0.15) is 5.56 Å². The maximum atomic E-state index is 8.73. The van der Waals surface area contributed by atoms with Gasteiger partial charge < -0.3 is 4.57 Å². The van der Waals surface area contributed by atoms with Crippen LogP contribution in [0.3, 0.4) is 0 Å². The van der Waals surface area contributed by atoms with E-state index in [4.69, 9.17) is 5.26 Å². The van der Waals surface area contributed by atoms with E-state index < -0.39 is 0 Å². The van der Waals surface area contributed by atoms with E-state index in [0.29, 0.717) is 5.56 Å². The highest BCUT2D eigenvalue weighted by Crippen LogP contribution is 2.26. The van der Waals surface area contributed by atoms with E-state index in [1.165, 1.54) is 0 Å². The Morgan fingerprint density at radius 2 is 2.27 bits per heavy atom. The van der Waals surface area contributed by atoms with Crippen molar-refractivity contribution in [2.24, 2.45) is 7.05 Å². The lowest BCUT2D eigenvalue weighted by atomic mass is 10.1. The number of aryl methyl sites for hydroxylation is 1. The molecular formula is C10H7BrN4. The van der Waals surface area contributed by atoms with Crippen LogP contribution < -0.4 is 0 Å². The van der Waals surface area contributed by atoms with Crippen LogP contribution in [0.25, 0.3) is 11.4 Å². The number of benzene rings is 1. The molecule has 2 aromatic rings. The molecule has 0 saturated heterocycles. The van der Waals surface area contributed by atoms with Gasteiger partial charge in [0.2, 0.25) is 0 Å². The molecule has 15 heavy (non-hydrogen) atoms. The molecule has 0 amide bonds. The molecule has 0 aliphatic rings. The first-order chi connectivity index (χ1) is 7.22. The van der Waals surface area contributed by atoms with Crippen molar-refractivity contribution < 1.29 is 0 Å². The van der Waals surface area contributed by atoms with Crippen molar-refractivity contribution in [3.05, 3.63) is 34.6 Å². The number of hydrogen-bond acceptors (Lipinski definition) is 3. The standard InChI is InChI=1S/C10H7BrN4/c1-15-6-13-14-10(15)8-3-2-7(5-12)4-9(8)11/h2-4,6H,1H3. The molecule has 0 fully saturated rings. The van der Waals surface area contributed by atoms with Crippen LogP contribution in [0.5, 0.6) is 0 Å². The second-order valence-corrected chi connectivity index (χ2v) is 3.93. The van der Waals surface area contributed by atoms with E-state index in [2.05, 4.69) is 32.2 Å². The molecule has 0 radical (unpaired) electrons. The Labute approximate surface area is 95.3 Å². The summed E-state index contributed by atoms with van der Waals surface area (Å²) >= 11 is 3.41. The van der Waals surface area contributed by atoms with Gasteiger partial charge in [-0.1, -0.05) is 0 Å². The Bertz CT molecular complexity index is 539. The van der Waals surface area contributed by atoms with Crippen LogP contribution in [0.15, 0.2) is 29.0 Å². The monoisotopic (exact) mass is 262 g/mol. The Hall–Kier alpha value is -1.67. The smallest absolute Gasteiger partial charge is 0.164 e. The largest absolute Gasteiger partial charge is 0.317 e. The molecule has 0 bridgehead atoms.